The Morgan fingerprint density at radius 1 is 1.40 bits per heavy atom. The Balaban J connectivity index is 2.13. The second kappa shape index (κ2) is 3.20. The molecule has 1 fully saturated rings. The molecule has 0 aliphatic carbocycles. The molecule has 1 aliphatic rings. The van der Waals surface area contributed by atoms with E-state index in [0.717, 1.165) is 36.7 Å². The first-order valence-electron chi connectivity index (χ1n) is 5.15. The summed E-state index contributed by atoms with van der Waals surface area (Å²) in [4.78, 5) is 0. The highest BCUT2D eigenvalue weighted by Crippen LogP contribution is 2.21. The minimum Gasteiger partial charge on any atom is -0.398 e. The minimum atomic E-state index is 0.460. The largest absolute Gasteiger partial charge is 0.398 e. The molecule has 0 amide bonds. The Morgan fingerprint density at radius 2 is 2.33 bits per heavy atom. The van der Waals surface area contributed by atoms with Gasteiger partial charge in [0, 0.05) is 24.3 Å². The fourth-order valence-corrected chi connectivity index (χ4v) is 2.08. The van der Waals surface area contributed by atoms with Crippen LogP contribution in [-0.2, 0) is 0 Å². The lowest BCUT2D eigenvalue weighted by Gasteiger charge is -2.05. The monoisotopic (exact) mass is 203 g/mol. The number of rotatable bonds is 1. The molecule has 1 saturated heterocycles. The van der Waals surface area contributed by atoms with Gasteiger partial charge in [0.25, 0.3) is 0 Å². The summed E-state index contributed by atoms with van der Waals surface area (Å²) in [6, 6.07) is 3.74. The number of nitrogens with zero attached hydrogens (tertiary/aromatic N) is 3. The summed E-state index contributed by atoms with van der Waals surface area (Å²) < 4.78 is 1.99. The zero-order valence-electron chi connectivity index (χ0n) is 8.35. The van der Waals surface area contributed by atoms with E-state index in [1.807, 2.05) is 22.7 Å². The maximum absolute atomic E-state index is 5.76. The predicted octanol–water partition coefficient (Wildman–Crippen LogP) is 0.388. The molecule has 0 saturated carbocycles. The van der Waals surface area contributed by atoms with Crippen molar-refractivity contribution < 1.29 is 0 Å². The number of anilines is 1. The van der Waals surface area contributed by atoms with Gasteiger partial charge in [-0.25, -0.2) is 0 Å². The number of hydrogen-bond acceptors (Lipinski definition) is 4. The first-order valence-corrected chi connectivity index (χ1v) is 5.15. The molecule has 1 unspecified atom stereocenters. The van der Waals surface area contributed by atoms with Gasteiger partial charge in [-0.15, -0.1) is 10.2 Å². The normalized spacial score (nSPS) is 21.2. The van der Waals surface area contributed by atoms with Crippen LogP contribution in [0.25, 0.3) is 5.65 Å². The highest BCUT2D eigenvalue weighted by atomic mass is 15.3. The van der Waals surface area contributed by atoms with Gasteiger partial charge < -0.3 is 11.1 Å². The average Bonchev–Trinajstić information content (AvgIpc) is 2.83. The first kappa shape index (κ1) is 8.67. The van der Waals surface area contributed by atoms with Crippen molar-refractivity contribution in [2.45, 2.75) is 12.3 Å². The van der Waals surface area contributed by atoms with E-state index in [2.05, 4.69) is 15.5 Å². The molecule has 78 valence electrons. The number of nitrogen functional groups attached to an aromatic ring is 1. The maximum Gasteiger partial charge on any atom is 0.160 e. The van der Waals surface area contributed by atoms with Gasteiger partial charge in [0.05, 0.1) is 0 Å². The van der Waals surface area contributed by atoms with Crippen LogP contribution in [0.4, 0.5) is 5.69 Å². The molecular weight excluding hydrogens is 190 g/mol. The summed E-state index contributed by atoms with van der Waals surface area (Å²) in [5.41, 5.74) is 7.37. The third-order valence-corrected chi connectivity index (χ3v) is 2.88. The van der Waals surface area contributed by atoms with E-state index in [-0.39, 0.29) is 0 Å². The van der Waals surface area contributed by atoms with Crippen LogP contribution in [0.1, 0.15) is 18.2 Å². The van der Waals surface area contributed by atoms with E-state index < -0.39 is 0 Å². The van der Waals surface area contributed by atoms with Gasteiger partial charge in [0.15, 0.2) is 5.65 Å². The standard InChI is InChI=1S/C10H13N5/c11-8-1-2-9-13-14-10(15(9)6-8)7-3-4-12-5-7/h1-2,6-7,12H,3-5,11H2. The molecule has 5 nitrogen and oxygen atoms in total. The number of nitrogens with one attached hydrogen (secondary N) is 1. The van der Waals surface area contributed by atoms with E-state index >= 15 is 0 Å². The highest BCUT2D eigenvalue weighted by molar-refractivity contribution is 5.47. The number of fused-ring (bicyclic) bond motifs is 1. The van der Waals surface area contributed by atoms with Crippen LogP contribution >= 0.6 is 0 Å². The SMILES string of the molecule is Nc1ccc2nnc(C3CCNC3)n2c1. The molecule has 5 heteroatoms. The number of nitrogens with two attached hydrogens (primary N) is 1. The lowest BCUT2D eigenvalue weighted by molar-refractivity contribution is 0.691. The van der Waals surface area contributed by atoms with Gasteiger partial charge in [-0.05, 0) is 25.1 Å². The van der Waals surface area contributed by atoms with Crippen LogP contribution < -0.4 is 11.1 Å². The summed E-state index contributed by atoms with van der Waals surface area (Å²) in [7, 11) is 0. The van der Waals surface area contributed by atoms with Crippen LogP contribution in [0.2, 0.25) is 0 Å². The number of aromatic nitrogens is 3. The molecule has 3 heterocycles. The first-order chi connectivity index (χ1) is 7.34. The van der Waals surface area contributed by atoms with Crippen LogP contribution in [0.15, 0.2) is 18.3 Å². The molecule has 15 heavy (non-hydrogen) atoms. The number of pyridine rings is 1. The van der Waals surface area contributed by atoms with E-state index in [1.54, 1.807) is 0 Å². The molecule has 2 aromatic heterocycles. The average molecular weight is 203 g/mol. The Kier molecular flexibility index (Phi) is 1.85. The lowest BCUT2D eigenvalue weighted by atomic mass is 10.1. The van der Waals surface area contributed by atoms with Crippen molar-refractivity contribution in [1.82, 2.24) is 19.9 Å². The van der Waals surface area contributed by atoms with Crippen LogP contribution in [0.5, 0.6) is 0 Å². The molecule has 3 rings (SSSR count). The summed E-state index contributed by atoms with van der Waals surface area (Å²) in [6.45, 7) is 2.04. The molecule has 2 aromatic rings. The van der Waals surface area contributed by atoms with E-state index in [0.29, 0.717) is 5.92 Å². The molecule has 1 aliphatic heterocycles. The topological polar surface area (TPSA) is 68.2 Å². The Labute approximate surface area is 87.3 Å². The third-order valence-electron chi connectivity index (χ3n) is 2.88. The van der Waals surface area contributed by atoms with Gasteiger partial charge in [0.2, 0.25) is 0 Å². The van der Waals surface area contributed by atoms with Gasteiger partial charge in [-0.1, -0.05) is 0 Å². The zero-order valence-corrected chi connectivity index (χ0v) is 8.35. The molecule has 1 atom stereocenters. The smallest absolute Gasteiger partial charge is 0.160 e. The second-order valence-electron chi connectivity index (χ2n) is 3.94. The predicted molar refractivity (Wildman–Crippen MR) is 57.6 cm³/mol. The molecular formula is C10H13N5. The van der Waals surface area contributed by atoms with Crippen molar-refractivity contribution in [3.63, 3.8) is 0 Å². The Hall–Kier alpha value is -1.62. The fourth-order valence-electron chi connectivity index (χ4n) is 2.08. The van der Waals surface area contributed by atoms with Crippen LogP contribution in [-0.4, -0.2) is 27.7 Å². The van der Waals surface area contributed by atoms with E-state index in [4.69, 9.17) is 5.73 Å². The molecule has 0 spiro atoms. The minimum absolute atomic E-state index is 0.460. The van der Waals surface area contributed by atoms with Crippen molar-refractivity contribution in [3.05, 3.63) is 24.2 Å². The van der Waals surface area contributed by atoms with Gasteiger partial charge in [0.1, 0.15) is 5.82 Å². The summed E-state index contributed by atoms with van der Waals surface area (Å²) >= 11 is 0. The van der Waals surface area contributed by atoms with Gasteiger partial charge in [-0.2, -0.15) is 0 Å². The van der Waals surface area contributed by atoms with Crippen LogP contribution in [0, 0.1) is 0 Å². The number of hydrogen-bond donors (Lipinski definition) is 2. The van der Waals surface area contributed by atoms with Crippen molar-refractivity contribution in [3.8, 4) is 0 Å². The highest BCUT2D eigenvalue weighted by Gasteiger charge is 2.21. The van der Waals surface area contributed by atoms with Crippen molar-refractivity contribution >= 4 is 11.3 Å². The van der Waals surface area contributed by atoms with Crippen LogP contribution in [0.3, 0.4) is 0 Å². The van der Waals surface area contributed by atoms with Gasteiger partial charge in [-0.3, -0.25) is 4.40 Å². The van der Waals surface area contributed by atoms with E-state index in [9.17, 15) is 0 Å². The second-order valence-corrected chi connectivity index (χ2v) is 3.94. The zero-order chi connectivity index (χ0) is 10.3. The lowest BCUT2D eigenvalue weighted by Crippen LogP contribution is -2.10. The fraction of sp³-hybridized carbons (Fsp3) is 0.400. The molecule has 0 radical (unpaired) electrons. The summed E-state index contributed by atoms with van der Waals surface area (Å²) in [6.07, 6.45) is 3.01. The molecule has 0 bridgehead atoms. The Morgan fingerprint density at radius 3 is 3.13 bits per heavy atom. The Bertz CT molecular complexity index is 484. The molecule has 0 aromatic carbocycles. The van der Waals surface area contributed by atoms with Crippen molar-refractivity contribution in [2.24, 2.45) is 0 Å². The van der Waals surface area contributed by atoms with Gasteiger partial charge >= 0.3 is 0 Å². The van der Waals surface area contributed by atoms with Crippen molar-refractivity contribution in [2.75, 3.05) is 18.8 Å². The maximum atomic E-state index is 5.76. The summed E-state index contributed by atoms with van der Waals surface area (Å²) in [5.74, 6) is 1.48. The summed E-state index contributed by atoms with van der Waals surface area (Å²) in [5, 5.41) is 11.7. The van der Waals surface area contributed by atoms with Crippen molar-refractivity contribution in [1.29, 1.82) is 0 Å². The third kappa shape index (κ3) is 1.35. The molecule has 3 N–H and O–H groups in total. The quantitative estimate of drug-likeness (QED) is 0.703. The van der Waals surface area contributed by atoms with E-state index in [1.165, 1.54) is 0 Å².